The molecule has 0 aromatic heterocycles. The van der Waals surface area contributed by atoms with Crippen LogP contribution in [-0.2, 0) is 14.6 Å². The van der Waals surface area contributed by atoms with Crippen LogP contribution < -0.4 is 10.6 Å². The third-order valence-corrected chi connectivity index (χ3v) is 4.53. The summed E-state index contributed by atoms with van der Waals surface area (Å²) in [4.78, 5) is 24.1. The molecule has 114 valence electrons. The number of hydrogen-bond donors (Lipinski definition) is 2. The second-order valence-electron chi connectivity index (χ2n) is 5.08. The summed E-state index contributed by atoms with van der Waals surface area (Å²) in [6, 6.07) is 5.37. The molecule has 1 aromatic rings. The first-order valence-corrected chi connectivity index (χ1v) is 8.66. The molecule has 2 amide bonds. The van der Waals surface area contributed by atoms with Crippen LogP contribution in [-0.4, -0.2) is 39.1 Å². The lowest BCUT2D eigenvalue weighted by atomic mass is 10.1. The molecule has 0 spiro atoms. The molecule has 0 bridgehead atoms. The zero-order valence-electron chi connectivity index (χ0n) is 11.8. The van der Waals surface area contributed by atoms with Crippen molar-refractivity contribution in [3.8, 4) is 0 Å². The molecule has 1 atom stereocenters. The SMILES string of the molecule is CS(=O)(=O)c1ccccc1C(=O)NC1CCCCNC1=O. The van der Waals surface area contributed by atoms with Gasteiger partial charge in [0.2, 0.25) is 5.91 Å². The van der Waals surface area contributed by atoms with Crippen LogP contribution in [0.2, 0.25) is 0 Å². The van der Waals surface area contributed by atoms with Gasteiger partial charge in [0.05, 0.1) is 10.5 Å². The van der Waals surface area contributed by atoms with Crippen molar-refractivity contribution in [2.24, 2.45) is 0 Å². The van der Waals surface area contributed by atoms with E-state index in [-0.39, 0.29) is 16.4 Å². The summed E-state index contributed by atoms with van der Waals surface area (Å²) in [5, 5.41) is 5.35. The van der Waals surface area contributed by atoms with Crippen LogP contribution in [0.1, 0.15) is 29.6 Å². The summed E-state index contributed by atoms with van der Waals surface area (Å²) < 4.78 is 23.4. The molecular weight excluding hydrogens is 292 g/mol. The Bertz CT molecular complexity index is 655. The zero-order chi connectivity index (χ0) is 15.5. The lowest BCUT2D eigenvalue weighted by Crippen LogP contribution is -2.45. The van der Waals surface area contributed by atoms with Crippen molar-refractivity contribution >= 4 is 21.7 Å². The van der Waals surface area contributed by atoms with Gasteiger partial charge in [0.25, 0.3) is 5.91 Å². The first kappa shape index (κ1) is 15.5. The topological polar surface area (TPSA) is 92.3 Å². The van der Waals surface area contributed by atoms with Gasteiger partial charge in [0, 0.05) is 12.8 Å². The van der Waals surface area contributed by atoms with Gasteiger partial charge in [-0.3, -0.25) is 9.59 Å². The predicted octanol–water partition coefficient (Wildman–Crippen LogP) is 0.489. The Hall–Kier alpha value is -1.89. The van der Waals surface area contributed by atoms with E-state index in [1.54, 1.807) is 12.1 Å². The van der Waals surface area contributed by atoms with Crippen molar-refractivity contribution in [1.82, 2.24) is 10.6 Å². The second kappa shape index (κ2) is 6.26. The number of amides is 2. The number of sulfone groups is 1. The molecule has 2 N–H and O–H groups in total. The maximum Gasteiger partial charge on any atom is 0.253 e. The average molecular weight is 310 g/mol. The normalized spacial score (nSPS) is 19.5. The molecule has 1 fully saturated rings. The molecule has 1 saturated heterocycles. The predicted molar refractivity (Wildman–Crippen MR) is 77.7 cm³/mol. The van der Waals surface area contributed by atoms with Crippen molar-refractivity contribution in [1.29, 1.82) is 0 Å². The van der Waals surface area contributed by atoms with E-state index >= 15 is 0 Å². The zero-order valence-corrected chi connectivity index (χ0v) is 12.6. The van der Waals surface area contributed by atoms with Gasteiger partial charge in [-0.15, -0.1) is 0 Å². The molecule has 1 aromatic carbocycles. The van der Waals surface area contributed by atoms with Crippen molar-refractivity contribution in [2.75, 3.05) is 12.8 Å². The van der Waals surface area contributed by atoms with Crippen molar-refractivity contribution in [3.63, 3.8) is 0 Å². The van der Waals surface area contributed by atoms with Gasteiger partial charge < -0.3 is 10.6 Å². The van der Waals surface area contributed by atoms with E-state index in [1.165, 1.54) is 12.1 Å². The van der Waals surface area contributed by atoms with E-state index in [9.17, 15) is 18.0 Å². The molecular formula is C14H18N2O4S. The first-order chi connectivity index (χ1) is 9.89. The van der Waals surface area contributed by atoms with Crippen LogP contribution in [0.3, 0.4) is 0 Å². The molecule has 21 heavy (non-hydrogen) atoms. The largest absolute Gasteiger partial charge is 0.354 e. The van der Waals surface area contributed by atoms with Gasteiger partial charge in [-0.1, -0.05) is 12.1 Å². The summed E-state index contributed by atoms with van der Waals surface area (Å²) in [6.07, 6.45) is 3.31. The minimum absolute atomic E-state index is 0.0310. The molecule has 1 unspecified atom stereocenters. The van der Waals surface area contributed by atoms with E-state index in [2.05, 4.69) is 10.6 Å². The van der Waals surface area contributed by atoms with Crippen LogP contribution >= 0.6 is 0 Å². The Kier molecular flexibility index (Phi) is 4.62. The fourth-order valence-corrected chi connectivity index (χ4v) is 3.18. The third kappa shape index (κ3) is 3.81. The van der Waals surface area contributed by atoms with Gasteiger partial charge in [0.15, 0.2) is 9.84 Å². The molecule has 1 aliphatic rings. The van der Waals surface area contributed by atoms with Gasteiger partial charge in [0.1, 0.15) is 6.04 Å². The van der Waals surface area contributed by atoms with Gasteiger partial charge in [-0.05, 0) is 31.4 Å². The van der Waals surface area contributed by atoms with Crippen molar-refractivity contribution in [2.45, 2.75) is 30.2 Å². The fourth-order valence-electron chi connectivity index (χ4n) is 2.29. The number of carbonyl (C=O) groups excluding carboxylic acids is 2. The third-order valence-electron chi connectivity index (χ3n) is 3.37. The molecule has 0 radical (unpaired) electrons. The summed E-state index contributed by atoms with van der Waals surface area (Å²) in [6.45, 7) is 0.602. The molecule has 6 nitrogen and oxygen atoms in total. The maximum atomic E-state index is 12.3. The maximum absolute atomic E-state index is 12.3. The van der Waals surface area contributed by atoms with Crippen LogP contribution in [0, 0.1) is 0 Å². The quantitative estimate of drug-likeness (QED) is 0.850. The number of rotatable bonds is 3. The fraction of sp³-hybridized carbons (Fsp3) is 0.429. The number of carbonyl (C=O) groups is 2. The van der Waals surface area contributed by atoms with Gasteiger partial charge in [-0.25, -0.2) is 8.42 Å². The Morgan fingerprint density at radius 1 is 1.29 bits per heavy atom. The minimum Gasteiger partial charge on any atom is -0.354 e. The van der Waals surface area contributed by atoms with Crippen LogP contribution in [0.5, 0.6) is 0 Å². The lowest BCUT2D eigenvalue weighted by molar-refractivity contribution is -0.122. The average Bonchev–Trinajstić information content (AvgIpc) is 2.63. The lowest BCUT2D eigenvalue weighted by Gasteiger charge is -2.16. The summed E-state index contributed by atoms with van der Waals surface area (Å²) in [7, 11) is -3.50. The van der Waals surface area contributed by atoms with Crippen LogP contribution in [0.4, 0.5) is 0 Å². The number of benzene rings is 1. The van der Waals surface area contributed by atoms with Gasteiger partial charge in [-0.2, -0.15) is 0 Å². The standard InChI is InChI=1S/C14H18N2O4S/c1-21(19,20)12-8-3-2-6-10(12)13(17)16-11-7-4-5-9-15-14(11)18/h2-3,6,8,11H,4-5,7,9H2,1H3,(H,15,18)(H,16,17). The van der Waals surface area contributed by atoms with E-state index in [4.69, 9.17) is 0 Å². The molecule has 1 aliphatic heterocycles. The Morgan fingerprint density at radius 3 is 2.71 bits per heavy atom. The Balaban J connectivity index is 2.23. The Labute approximate surface area is 123 Å². The molecule has 1 heterocycles. The molecule has 7 heteroatoms. The highest BCUT2D eigenvalue weighted by atomic mass is 32.2. The van der Waals surface area contributed by atoms with Gasteiger partial charge >= 0.3 is 0 Å². The molecule has 0 saturated carbocycles. The second-order valence-corrected chi connectivity index (χ2v) is 7.07. The van der Waals surface area contributed by atoms with Crippen molar-refractivity contribution < 1.29 is 18.0 Å². The van der Waals surface area contributed by atoms with E-state index in [0.717, 1.165) is 19.1 Å². The Morgan fingerprint density at radius 2 is 2.00 bits per heavy atom. The van der Waals surface area contributed by atoms with E-state index < -0.39 is 21.8 Å². The summed E-state index contributed by atoms with van der Waals surface area (Å²) in [5.41, 5.74) is 0.0667. The molecule has 2 rings (SSSR count). The van der Waals surface area contributed by atoms with E-state index in [1.807, 2.05) is 0 Å². The molecule has 0 aliphatic carbocycles. The van der Waals surface area contributed by atoms with Crippen LogP contribution in [0.25, 0.3) is 0 Å². The minimum atomic E-state index is -3.50. The van der Waals surface area contributed by atoms with Crippen molar-refractivity contribution in [3.05, 3.63) is 29.8 Å². The smallest absolute Gasteiger partial charge is 0.253 e. The summed E-state index contributed by atoms with van der Waals surface area (Å²) >= 11 is 0. The van der Waals surface area contributed by atoms with Crippen LogP contribution in [0.15, 0.2) is 29.2 Å². The first-order valence-electron chi connectivity index (χ1n) is 6.77. The summed E-state index contributed by atoms with van der Waals surface area (Å²) in [5.74, 6) is -0.768. The number of nitrogens with one attached hydrogen (secondary N) is 2. The highest BCUT2D eigenvalue weighted by Crippen LogP contribution is 2.16. The highest BCUT2D eigenvalue weighted by Gasteiger charge is 2.25. The number of hydrogen-bond acceptors (Lipinski definition) is 4. The van der Waals surface area contributed by atoms with E-state index in [0.29, 0.717) is 13.0 Å². The monoisotopic (exact) mass is 310 g/mol. The highest BCUT2D eigenvalue weighted by molar-refractivity contribution is 7.90.